The lowest BCUT2D eigenvalue weighted by Crippen LogP contribution is -2.00. The van der Waals surface area contributed by atoms with E-state index in [1.165, 1.54) is 25.7 Å². The van der Waals surface area contributed by atoms with Crippen LogP contribution in [0.25, 0.3) is 5.65 Å². The van der Waals surface area contributed by atoms with E-state index >= 15 is 0 Å². The maximum Gasteiger partial charge on any atom is 0.157 e. The Morgan fingerprint density at radius 1 is 1.29 bits per heavy atom. The molecule has 3 rings (SSSR count). The fourth-order valence-electron chi connectivity index (χ4n) is 2.61. The normalized spacial score (nSPS) is 17.1. The molecule has 3 nitrogen and oxygen atoms in total. The third-order valence-electron chi connectivity index (χ3n) is 3.45. The Labute approximate surface area is 110 Å². The first-order chi connectivity index (χ1) is 8.16. The van der Waals surface area contributed by atoms with Crippen LogP contribution in [-0.2, 0) is 0 Å². The van der Waals surface area contributed by atoms with Crippen molar-refractivity contribution in [1.82, 2.24) is 9.38 Å². The van der Waals surface area contributed by atoms with Crippen LogP contribution >= 0.6 is 23.2 Å². The maximum atomic E-state index is 6.14. The first kappa shape index (κ1) is 11.2. The van der Waals surface area contributed by atoms with Gasteiger partial charge in [-0.2, -0.15) is 0 Å². The highest BCUT2D eigenvalue weighted by molar-refractivity contribution is 6.36. The number of hydrogen-bond acceptors (Lipinski definition) is 2. The third-order valence-corrected chi connectivity index (χ3v) is 3.93. The number of fused-ring (bicyclic) bond motifs is 1. The van der Waals surface area contributed by atoms with Crippen molar-refractivity contribution in [2.24, 2.45) is 0 Å². The summed E-state index contributed by atoms with van der Waals surface area (Å²) in [6.07, 6.45) is 6.61. The minimum atomic E-state index is 0.477. The third kappa shape index (κ3) is 1.78. The van der Waals surface area contributed by atoms with Gasteiger partial charge < -0.3 is 5.73 Å². The smallest absolute Gasteiger partial charge is 0.157 e. The van der Waals surface area contributed by atoms with Gasteiger partial charge in [-0.3, -0.25) is 4.40 Å². The molecule has 1 fully saturated rings. The van der Waals surface area contributed by atoms with Gasteiger partial charge in [-0.1, -0.05) is 36.0 Å². The lowest BCUT2D eigenvalue weighted by molar-refractivity contribution is 0.706. The fraction of sp³-hybridized carbons (Fsp3) is 0.417. The molecule has 1 saturated carbocycles. The number of rotatable bonds is 1. The first-order valence-electron chi connectivity index (χ1n) is 5.79. The van der Waals surface area contributed by atoms with Crippen molar-refractivity contribution in [3.05, 3.63) is 28.0 Å². The average molecular weight is 270 g/mol. The largest absolute Gasteiger partial charge is 0.383 e. The monoisotopic (exact) mass is 269 g/mol. The maximum absolute atomic E-state index is 6.14. The number of aromatic nitrogens is 2. The second kappa shape index (κ2) is 4.07. The molecule has 2 heterocycles. The van der Waals surface area contributed by atoms with Gasteiger partial charge in [0.15, 0.2) is 5.65 Å². The lowest BCUT2D eigenvalue weighted by Gasteiger charge is -2.05. The summed E-state index contributed by atoms with van der Waals surface area (Å²) >= 11 is 12.1. The molecular weight excluding hydrogens is 257 g/mol. The molecule has 2 aromatic heterocycles. The minimum Gasteiger partial charge on any atom is -0.383 e. The zero-order valence-electron chi connectivity index (χ0n) is 9.29. The van der Waals surface area contributed by atoms with Gasteiger partial charge in [-0.25, -0.2) is 4.98 Å². The SMILES string of the molecule is Nc1c(C2CCCC2)nc2c(Cl)cc(Cl)cn12. The van der Waals surface area contributed by atoms with Crippen LogP contribution in [-0.4, -0.2) is 9.38 Å². The standard InChI is InChI=1S/C12H13Cl2N3/c13-8-5-9(14)12-16-10(7-3-1-2-4-7)11(15)17(12)6-8/h5-7H,1-4,15H2. The van der Waals surface area contributed by atoms with Gasteiger partial charge in [0, 0.05) is 12.1 Å². The first-order valence-corrected chi connectivity index (χ1v) is 6.55. The molecule has 0 saturated heterocycles. The van der Waals surface area contributed by atoms with Gasteiger partial charge >= 0.3 is 0 Å². The summed E-state index contributed by atoms with van der Waals surface area (Å²) in [6, 6.07) is 1.70. The van der Waals surface area contributed by atoms with E-state index in [1.54, 1.807) is 16.7 Å². The number of nitrogens with two attached hydrogens (primary N) is 1. The van der Waals surface area contributed by atoms with Crippen molar-refractivity contribution in [3.8, 4) is 0 Å². The molecule has 5 heteroatoms. The van der Waals surface area contributed by atoms with E-state index in [9.17, 15) is 0 Å². The molecule has 0 aliphatic heterocycles. The van der Waals surface area contributed by atoms with Crippen molar-refractivity contribution in [2.45, 2.75) is 31.6 Å². The molecule has 0 bridgehead atoms. The van der Waals surface area contributed by atoms with E-state index in [2.05, 4.69) is 4.98 Å². The molecule has 0 amide bonds. The van der Waals surface area contributed by atoms with Gasteiger partial charge in [0.25, 0.3) is 0 Å². The number of anilines is 1. The zero-order chi connectivity index (χ0) is 12.0. The molecule has 0 radical (unpaired) electrons. The zero-order valence-corrected chi connectivity index (χ0v) is 10.8. The lowest BCUT2D eigenvalue weighted by atomic mass is 10.0. The number of halogens is 2. The molecule has 0 atom stereocenters. The van der Waals surface area contributed by atoms with Gasteiger partial charge in [-0.05, 0) is 18.9 Å². The summed E-state index contributed by atoms with van der Waals surface area (Å²) in [5.74, 6) is 1.15. The van der Waals surface area contributed by atoms with Crippen molar-refractivity contribution < 1.29 is 0 Å². The molecule has 90 valence electrons. The predicted molar refractivity (Wildman–Crippen MR) is 70.8 cm³/mol. The Morgan fingerprint density at radius 3 is 2.71 bits per heavy atom. The Balaban J connectivity index is 2.20. The van der Waals surface area contributed by atoms with E-state index in [1.807, 2.05) is 0 Å². The second-order valence-electron chi connectivity index (χ2n) is 4.56. The summed E-state index contributed by atoms with van der Waals surface area (Å²) in [6.45, 7) is 0. The Kier molecular flexibility index (Phi) is 2.68. The van der Waals surface area contributed by atoms with Crippen LogP contribution in [0.1, 0.15) is 37.3 Å². The quantitative estimate of drug-likeness (QED) is 0.854. The summed E-state index contributed by atoms with van der Waals surface area (Å²) in [5.41, 5.74) is 7.82. The summed E-state index contributed by atoms with van der Waals surface area (Å²) < 4.78 is 1.79. The number of imidazole rings is 1. The molecule has 2 N–H and O–H groups in total. The fourth-order valence-corrected chi connectivity index (χ4v) is 3.12. The van der Waals surface area contributed by atoms with Crippen molar-refractivity contribution in [1.29, 1.82) is 0 Å². The van der Waals surface area contributed by atoms with Gasteiger partial charge in [-0.15, -0.1) is 0 Å². The van der Waals surface area contributed by atoms with E-state index < -0.39 is 0 Å². The van der Waals surface area contributed by atoms with Gasteiger partial charge in [0.05, 0.1) is 15.7 Å². The van der Waals surface area contributed by atoms with Crippen LogP contribution in [0.4, 0.5) is 5.82 Å². The molecule has 2 aromatic rings. The van der Waals surface area contributed by atoms with Crippen molar-refractivity contribution in [2.75, 3.05) is 5.73 Å². The van der Waals surface area contributed by atoms with Crippen LogP contribution in [0.15, 0.2) is 12.3 Å². The molecule has 17 heavy (non-hydrogen) atoms. The van der Waals surface area contributed by atoms with E-state index in [0.717, 1.165) is 5.69 Å². The van der Waals surface area contributed by atoms with E-state index in [-0.39, 0.29) is 0 Å². The van der Waals surface area contributed by atoms with E-state index in [0.29, 0.717) is 27.4 Å². The highest BCUT2D eigenvalue weighted by Crippen LogP contribution is 2.37. The second-order valence-corrected chi connectivity index (χ2v) is 5.41. The molecular formula is C12H13Cl2N3. The predicted octanol–water partition coefficient (Wildman–Crippen LogP) is 3.88. The van der Waals surface area contributed by atoms with Crippen molar-refractivity contribution >= 4 is 34.7 Å². The summed E-state index contributed by atoms with van der Waals surface area (Å²) in [4.78, 5) is 4.58. The van der Waals surface area contributed by atoms with Crippen LogP contribution in [0, 0.1) is 0 Å². The average Bonchev–Trinajstić information content (AvgIpc) is 2.87. The molecule has 1 aliphatic carbocycles. The number of hydrogen-bond donors (Lipinski definition) is 1. The minimum absolute atomic E-state index is 0.477. The summed E-state index contributed by atoms with van der Waals surface area (Å²) in [5, 5.41) is 1.12. The van der Waals surface area contributed by atoms with Crippen LogP contribution in [0.2, 0.25) is 10.0 Å². The molecule has 1 aliphatic rings. The summed E-state index contributed by atoms with van der Waals surface area (Å²) in [7, 11) is 0. The number of pyridine rings is 1. The Bertz CT molecular complexity index is 571. The van der Waals surface area contributed by atoms with Crippen molar-refractivity contribution in [3.63, 3.8) is 0 Å². The van der Waals surface area contributed by atoms with Crippen LogP contribution in [0.3, 0.4) is 0 Å². The topological polar surface area (TPSA) is 43.3 Å². The van der Waals surface area contributed by atoms with Gasteiger partial charge in [0.1, 0.15) is 5.82 Å². The molecule has 0 aromatic carbocycles. The van der Waals surface area contributed by atoms with Gasteiger partial charge in [0.2, 0.25) is 0 Å². The molecule has 0 unspecified atom stereocenters. The number of nitrogen functional groups attached to an aromatic ring is 1. The molecule has 0 spiro atoms. The number of nitrogens with zero attached hydrogens (tertiary/aromatic N) is 2. The Hall–Kier alpha value is -0.930. The van der Waals surface area contributed by atoms with E-state index in [4.69, 9.17) is 28.9 Å². The Morgan fingerprint density at radius 2 is 2.00 bits per heavy atom. The van der Waals surface area contributed by atoms with Crippen LogP contribution in [0.5, 0.6) is 0 Å². The highest BCUT2D eigenvalue weighted by Gasteiger charge is 2.24. The van der Waals surface area contributed by atoms with Crippen LogP contribution < -0.4 is 5.73 Å². The highest BCUT2D eigenvalue weighted by atomic mass is 35.5.